The summed E-state index contributed by atoms with van der Waals surface area (Å²) in [4.78, 5) is 66.2. The summed E-state index contributed by atoms with van der Waals surface area (Å²) >= 11 is 0. The van der Waals surface area contributed by atoms with Crippen molar-refractivity contribution in [3.05, 3.63) is 77.4 Å². The Morgan fingerprint density at radius 3 is 2.10 bits per heavy atom. The second kappa shape index (κ2) is 16.6. The zero-order valence-electron chi connectivity index (χ0n) is 35.0. The van der Waals surface area contributed by atoms with E-state index in [0.717, 1.165) is 96.5 Å². The molecule has 59 heavy (non-hydrogen) atoms. The minimum atomic E-state index is -0.653. The SMILES string of the molecule is COC(=O)NC(C(=O)N1CCC[C@H]1c1[nH]c(-c2ccc(-c3ccc(-c4cnc([C@H]5C6CCC(C6)[C@@H]5C(=O)N(NC(=O)OC)C(C)C)[nH]4)cc3)cc2)c2c1CCC2)C(C)C. The summed E-state index contributed by atoms with van der Waals surface area (Å²) in [6, 6.07) is 16.2. The molecule has 1 saturated heterocycles. The van der Waals surface area contributed by atoms with Gasteiger partial charge in [-0.05, 0) is 116 Å². The van der Waals surface area contributed by atoms with Gasteiger partial charge in [0, 0.05) is 29.9 Å². The molecule has 2 aromatic heterocycles. The average Bonchev–Trinajstić information content (AvgIpc) is 4.11. The molecule has 4 aromatic rings. The number of carbonyl (C=O) groups excluding carboxylic acids is 4. The number of hydrazine groups is 1. The number of amides is 4. The summed E-state index contributed by atoms with van der Waals surface area (Å²) < 4.78 is 9.64. The average molecular weight is 804 g/mol. The van der Waals surface area contributed by atoms with Crippen LogP contribution < -0.4 is 10.7 Å². The molecule has 3 heterocycles. The number of likely N-dealkylation sites (tertiary alicyclic amines) is 1. The van der Waals surface area contributed by atoms with Crippen LogP contribution >= 0.6 is 0 Å². The zero-order chi connectivity index (χ0) is 41.5. The van der Waals surface area contributed by atoms with Crippen LogP contribution in [0.25, 0.3) is 33.6 Å². The molecule has 13 heteroatoms. The van der Waals surface area contributed by atoms with E-state index >= 15 is 0 Å². The number of alkyl carbamates (subject to hydrolysis) is 1. The summed E-state index contributed by atoms with van der Waals surface area (Å²) in [5.74, 6) is 0.908. The summed E-state index contributed by atoms with van der Waals surface area (Å²) in [5.41, 5.74) is 12.8. The Morgan fingerprint density at radius 1 is 0.797 bits per heavy atom. The molecule has 4 amide bonds. The lowest BCUT2D eigenvalue weighted by Gasteiger charge is -2.35. The molecule has 4 aliphatic rings. The maximum atomic E-state index is 14.0. The normalized spacial score (nSPS) is 22.4. The van der Waals surface area contributed by atoms with Crippen molar-refractivity contribution in [2.45, 2.75) is 103 Å². The number of aromatic amines is 2. The first kappa shape index (κ1) is 40.2. The second-order valence-corrected chi connectivity index (χ2v) is 17.4. The minimum Gasteiger partial charge on any atom is -0.453 e. The topological polar surface area (TPSA) is 162 Å². The molecule has 13 nitrogen and oxygen atoms in total. The van der Waals surface area contributed by atoms with Gasteiger partial charge in [-0.2, -0.15) is 0 Å². The van der Waals surface area contributed by atoms with Crippen LogP contribution in [0.4, 0.5) is 9.59 Å². The highest BCUT2D eigenvalue weighted by Crippen LogP contribution is 2.57. The van der Waals surface area contributed by atoms with Gasteiger partial charge in [-0.3, -0.25) is 9.59 Å². The second-order valence-electron chi connectivity index (χ2n) is 17.4. The van der Waals surface area contributed by atoms with Gasteiger partial charge in [0.15, 0.2) is 0 Å². The molecular formula is C46H57N7O6. The first-order chi connectivity index (χ1) is 28.5. The van der Waals surface area contributed by atoms with Gasteiger partial charge in [-0.1, -0.05) is 62.4 Å². The fourth-order valence-electron chi connectivity index (χ4n) is 10.4. The lowest BCUT2D eigenvalue weighted by atomic mass is 9.78. The van der Waals surface area contributed by atoms with Gasteiger partial charge >= 0.3 is 12.2 Å². The maximum absolute atomic E-state index is 14.0. The van der Waals surface area contributed by atoms with Crippen molar-refractivity contribution in [3.63, 3.8) is 0 Å². The molecule has 312 valence electrons. The highest BCUT2D eigenvalue weighted by molar-refractivity contribution is 5.87. The third kappa shape index (κ3) is 7.60. The lowest BCUT2D eigenvalue weighted by Crippen LogP contribution is -2.53. The van der Waals surface area contributed by atoms with E-state index in [4.69, 9.17) is 14.5 Å². The molecule has 2 saturated carbocycles. The standard InChI is InChI=1S/C46H57N7O6/c1-25(2)39(50-45(56)58-5)44(55)52-22-8-11-36(52)41-34-10-7-9-33(34)40(49-41)30-18-14-28(15-19-30)27-12-16-29(17-13-27)35-24-47-42(48-35)37-31-20-21-32(23-31)38(37)43(54)53(26(3)4)51-46(57)59-6/h12-19,24-26,31-32,36-39,49H,7-11,20-23H2,1-6H3,(H,47,48)(H,50,56)(H,51,57)/t31?,32?,36-,37-,38-,39?/m0/s1. The summed E-state index contributed by atoms with van der Waals surface area (Å²) in [6.45, 7) is 8.31. The van der Waals surface area contributed by atoms with E-state index in [1.54, 1.807) is 0 Å². The van der Waals surface area contributed by atoms with E-state index in [2.05, 4.69) is 69.2 Å². The van der Waals surface area contributed by atoms with Crippen LogP contribution in [0.1, 0.15) is 101 Å². The number of fused-ring (bicyclic) bond motifs is 3. The highest BCUT2D eigenvalue weighted by atomic mass is 16.5. The van der Waals surface area contributed by atoms with Crippen LogP contribution in [-0.2, 0) is 31.9 Å². The number of nitrogens with zero attached hydrogens (tertiary/aromatic N) is 3. The van der Waals surface area contributed by atoms with Crippen molar-refractivity contribution in [3.8, 4) is 33.6 Å². The van der Waals surface area contributed by atoms with E-state index in [1.807, 2.05) is 38.8 Å². The van der Waals surface area contributed by atoms with Crippen LogP contribution in [0.15, 0.2) is 54.7 Å². The molecule has 3 unspecified atom stereocenters. The van der Waals surface area contributed by atoms with Gasteiger partial charge in [0.05, 0.1) is 38.1 Å². The monoisotopic (exact) mass is 803 g/mol. The van der Waals surface area contributed by atoms with Crippen molar-refractivity contribution in [1.82, 2.24) is 35.6 Å². The van der Waals surface area contributed by atoms with Gasteiger partial charge in [0.2, 0.25) is 11.8 Å². The predicted octanol–water partition coefficient (Wildman–Crippen LogP) is 7.91. The third-order valence-corrected chi connectivity index (χ3v) is 13.3. The molecule has 2 aromatic carbocycles. The Hall–Kier alpha value is -5.59. The van der Waals surface area contributed by atoms with Crippen LogP contribution in [-0.4, -0.2) is 81.7 Å². The molecule has 6 atom stereocenters. The fraction of sp³-hybridized carbons (Fsp3) is 0.500. The molecule has 0 radical (unpaired) electrons. The van der Waals surface area contributed by atoms with Gasteiger partial charge in [0.25, 0.3) is 0 Å². The number of imidazole rings is 1. The molecule has 8 rings (SSSR count). The van der Waals surface area contributed by atoms with Gasteiger partial charge in [-0.25, -0.2) is 25.0 Å². The van der Waals surface area contributed by atoms with E-state index in [-0.39, 0.29) is 47.6 Å². The lowest BCUT2D eigenvalue weighted by molar-refractivity contribution is -0.143. The number of carbonyl (C=O) groups is 4. The number of hydrogen-bond donors (Lipinski definition) is 4. The Morgan fingerprint density at radius 2 is 1.44 bits per heavy atom. The Kier molecular flexibility index (Phi) is 11.3. The van der Waals surface area contributed by atoms with Crippen LogP contribution in [0.3, 0.4) is 0 Å². The summed E-state index contributed by atoms with van der Waals surface area (Å²) in [6.07, 6.45) is 8.55. The molecule has 0 spiro atoms. The number of hydrogen-bond acceptors (Lipinski definition) is 7. The smallest absolute Gasteiger partial charge is 0.425 e. The maximum Gasteiger partial charge on any atom is 0.425 e. The van der Waals surface area contributed by atoms with Crippen molar-refractivity contribution >= 4 is 24.0 Å². The number of aromatic nitrogens is 3. The molecule has 3 aliphatic carbocycles. The van der Waals surface area contributed by atoms with Crippen molar-refractivity contribution in [1.29, 1.82) is 0 Å². The number of rotatable bonds is 10. The van der Waals surface area contributed by atoms with Crippen molar-refractivity contribution in [2.24, 2.45) is 23.7 Å². The van der Waals surface area contributed by atoms with E-state index in [9.17, 15) is 19.2 Å². The van der Waals surface area contributed by atoms with E-state index < -0.39 is 18.2 Å². The number of methoxy groups -OCH3 is 2. The minimum absolute atomic E-state index is 0.0439. The fourth-order valence-corrected chi connectivity index (χ4v) is 10.4. The Balaban J connectivity index is 0.978. The molecule has 3 fully saturated rings. The number of ether oxygens (including phenoxy) is 2. The number of benzene rings is 2. The predicted molar refractivity (Wildman–Crippen MR) is 224 cm³/mol. The van der Waals surface area contributed by atoms with Gasteiger partial charge in [-0.15, -0.1) is 0 Å². The number of H-pyrrole nitrogens is 2. The van der Waals surface area contributed by atoms with Gasteiger partial charge < -0.3 is 29.7 Å². The van der Waals surface area contributed by atoms with Crippen molar-refractivity contribution < 1.29 is 28.7 Å². The van der Waals surface area contributed by atoms with Crippen LogP contribution in [0, 0.1) is 23.7 Å². The molecule has 4 N–H and O–H groups in total. The third-order valence-electron chi connectivity index (χ3n) is 13.3. The Bertz CT molecular complexity index is 2190. The molecular weight excluding hydrogens is 747 g/mol. The summed E-state index contributed by atoms with van der Waals surface area (Å²) in [7, 11) is 2.62. The van der Waals surface area contributed by atoms with Crippen LogP contribution in [0.5, 0.6) is 0 Å². The van der Waals surface area contributed by atoms with Crippen LogP contribution in [0.2, 0.25) is 0 Å². The molecule has 1 aliphatic heterocycles. The first-order valence-electron chi connectivity index (χ1n) is 21.3. The van der Waals surface area contributed by atoms with E-state index in [0.29, 0.717) is 12.5 Å². The van der Waals surface area contributed by atoms with Crippen molar-refractivity contribution in [2.75, 3.05) is 20.8 Å². The molecule has 2 bridgehead atoms. The van der Waals surface area contributed by atoms with E-state index in [1.165, 1.54) is 30.4 Å². The van der Waals surface area contributed by atoms with Gasteiger partial charge in [0.1, 0.15) is 11.9 Å². The summed E-state index contributed by atoms with van der Waals surface area (Å²) in [5, 5.41) is 4.19. The largest absolute Gasteiger partial charge is 0.453 e. The number of nitrogens with one attached hydrogen (secondary N) is 4. The first-order valence-corrected chi connectivity index (χ1v) is 21.3. The highest BCUT2D eigenvalue weighted by Gasteiger charge is 2.54. The Labute approximate surface area is 346 Å². The zero-order valence-corrected chi connectivity index (χ0v) is 35.0. The quantitative estimate of drug-likeness (QED) is 0.119.